The highest BCUT2D eigenvalue weighted by Gasteiger charge is 2.46. The predicted octanol–water partition coefficient (Wildman–Crippen LogP) is 3.54. The molecule has 0 bridgehead atoms. The molecule has 3 unspecified atom stereocenters. The zero-order valence-electron chi connectivity index (χ0n) is 22.2. The minimum absolute atomic E-state index is 0.134. The first-order valence-corrected chi connectivity index (χ1v) is 13.8. The first kappa shape index (κ1) is 25.8. The summed E-state index contributed by atoms with van der Waals surface area (Å²) >= 11 is 0. The average Bonchev–Trinajstić information content (AvgIpc) is 3.49. The summed E-state index contributed by atoms with van der Waals surface area (Å²) in [7, 11) is 0. The second kappa shape index (κ2) is 10.5. The van der Waals surface area contributed by atoms with Gasteiger partial charge < -0.3 is 15.3 Å². The molecule has 0 radical (unpaired) electrons. The number of β-amino-alcohol motifs (C(OH)–C–C–N with tert-alkyl or cyclic N) is 1. The number of aliphatic hydroxyl groups is 1. The van der Waals surface area contributed by atoms with Gasteiger partial charge in [0.15, 0.2) is 0 Å². The molecule has 1 saturated heterocycles. The van der Waals surface area contributed by atoms with E-state index in [-0.39, 0.29) is 30.8 Å². The minimum atomic E-state index is -0.746. The molecule has 3 fully saturated rings. The second-order valence-electron chi connectivity index (χ2n) is 12.2. The number of amides is 2. The van der Waals surface area contributed by atoms with Crippen molar-refractivity contribution in [2.75, 3.05) is 6.54 Å². The normalized spacial score (nSPS) is 24.6. The molecule has 200 valence electrons. The lowest BCUT2D eigenvalue weighted by Crippen LogP contribution is -2.51. The van der Waals surface area contributed by atoms with E-state index in [1.54, 1.807) is 15.8 Å². The molecule has 3 heterocycles. The number of aliphatic hydroxyl groups excluding tert-OH is 1. The summed E-state index contributed by atoms with van der Waals surface area (Å²) in [6, 6.07) is 2.39. The number of nitrogens with one attached hydrogen (secondary N) is 1. The van der Waals surface area contributed by atoms with E-state index in [9.17, 15) is 14.7 Å². The van der Waals surface area contributed by atoms with Crippen molar-refractivity contribution in [3.8, 4) is 0 Å². The minimum Gasteiger partial charge on any atom is -0.391 e. The van der Waals surface area contributed by atoms with Gasteiger partial charge in [-0.1, -0.05) is 51.3 Å². The zero-order chi connectivity index (χ0) is 26.2. The lowest BCUT2D eigenvalue weighted by molar-refractivity contribution is -0.144. The Morgan fingerprint density at radius 3 is 2.54 bits per heavy atom. The highest BCUT2D eigenvalue weighted by atomic mass is 16.3. The van der Waals surface area contributed by atoms with E-state index in [1.807, 2.05) is 45.3 Å². The quantitative estimate of drug-likeness (QED) is 0.592. The van der Waals surface area contributed by atoms with E-state index in [4.69, 9.17) is 0 Å². The highest BCUT2D eigenvalue weighted by Crippen LogP contribution is 2.40. The zero-order valence-corrected chi connectivity index (χ0v) is 22.2. The Morgan fingerprint density at radius 2 is 1.89 bits per heavy atom. The molecule has 0 aromatic carbocycles. The van der Waals surface area contributed by atoms with Crippen molar-refractivity contribution < 1.29 is 14.7 Å². The fourth-order valence-electron chi connectivity index (χ4n) is 6.08. The molecule has 5 rings (SSSR count). The van der Waals surface area contributed by atoms with Crippen molar-refractivity contribution in [3.05, 3.63) is 42.0 Å². The van der Waals surface area contributed by atoms with Gasteiger partial charge in [0.25, 0.3) is 0 Å². The predicted molar refractivity (Wildman–Crippen MR) is 138 cm³/mol. The van der Waals surface area contributed by atoms with Gasteiger partial charge in [0.2, 0.25) is 11.8 Å². The van der Waals surface area contributed by atoms with E-state index in [0.717, 1.165) is 49.8 Å². The summed E-state index contributed by atoms with van der Waals surface area (Å²) in [5.74, 6) is 0.345. The van der Waals surface area contributed by atoms with Gasteiger partial charge in [-0.3, -0.25) is 14.6 Å². The Hall–Kier alpha value is -2.81. The van der Waals surface area contributed by atoms with Crippen molar-refractivity contribution >= 4 is 11.8 Å². The van der Waals surface area contributed by atoms with Gasteiger partial charge in [0.05, 0.1) is 17.8 Å². The number of nitrogens with zero attached hydrogens (tertiary/aromatic N) is 5. The number of carbonyl (C=O) groups excluding carboxylic acids is 2. The average molecular weight is 509 g/mol. The van der Waals surface area contributed by atoms with Crippen LogP contribution in [-0.2, 0) is 9.59 Å². The standard InChI is InChI=1S/C28H40N6O3/c1-28(2,3)25(34-17-22(31-32-34)18-11-12-18)27(37)33-16-21(35)14-23(33)26(36)30-24(19-8-5-4-6-9-19)20-10-7-13-29-15-20/h7,10,13,15,17-19,21,23-25,35H,4-6,8-9,11-12,14,16H2,1-3H3,(H,30,36)/t21?,23?,24?,25-/m1/s1. The van der Waals surface area contributed by atoms with Gasteiger partial charge in [0, 0.05) is 37.5 Å². The van der Waals surface area contributed by atoms with Crippen molar-refractivity contribution in [1.82, 2.24) is 30.2 Å². The van der Waals surface area contributed by atoms with Crippen molar-refractivity contribution in [2.24, 2.45) is 11.3 Å². The van der Waals surface area contributed by atoms with Crippen LogP contribution in [0.5, 0.6) is 0 Å². The summed E-state index contributed by atoms with van der Waals surface area (Å²) in [5.41, 5.74) is 1.45. The molecular weight excluding hydrogens is 468 g/mol. The molecule has 4 atom stereocenters. The van der Waals surface area contributed by atoms with Crippen LogP contribution in [0.25, 0.3) is 0 Å². The van der Waals surface area contributed by atoms with Crippen LogP contribution in [0.4, 0.5) is 0 Å². The maximum atomic E-state index is 14.0. The van der Waals surface area contributed by atoms with Gasteiger partial charge in [-0.05, 0) is 48.6 Å². The number of hydrogen-bond donors (Lipinski definition) is 2. The van der Waals surface area contributed by atoms with Crippen molar-refractivity contribution in [2.45, 2.75) is 102 Å². The SMILES string of the molecule is CC(C)(C)[C@@H](C(=O)N1CC(O)CC1C(=O)NC(c1cccnc1)C1CCCCC1)n1cc(C2CC2)nn1. The molecule has 2 aromatic rings. The highest BCUT2D eigenvalue weighted by molar-refractivity contribution is 5.90. The Morgan fingerprint density at radius 1 is 1.14 bits per heavy atom. The smallest absolute Gasteiger partial charge is 0.248 e. The molecule has 2 amide bonds. The second-order valence-corrected chi connectivity index (χ2v) is 12.2. The summed E-state index contributed by atoms with van der Waals surface area (Å²) in [5, 5.41) is 22.5. The first-order chi connectivity index (χ1) is 17.7. The third-order valence-electron chi connectivity index (χ3n) is 8.17. The number of pyridine rings is 1. The first-order valence-electron chi connectivity index (χ1n) is 13.8. The molecule has 2 aliphatic carbocycles. The van der Waals surface area contributed by atoms with Crippen LogP contribution in [0.2, 0.25) is 0 Å². The Bertz CT molecular complexity index is 1090. The fraction of sp³-hybridized carbons (Fsp3) is 0.679. The van der Waals surface area contributed by atoms with Crippen LogP contribution in [0.3, 0.4) is 0 Å². The molecule has 3 aliphatic rings. The van der Waals surface area contributed by atoms with Crippen LogP contribution < -0.4 is 5.32 Å². The summed E-state index contributed by atoms with van der Waals surface area (Å²) < 4.78 is 1.66. The van der Waals surface area contributed by atoms with Crippen molar-refractivity contribution in [3.63, 3.8) is 0 Å². The van der Waals surface area contributed by atoms with E-state index in [1.165, 1.54) is 6.42 Å². The van der Waals surface area contributed by atoms with Gasteiger partial charge in [-0.15, -0.1) is 5.10 Å². The summed E-state index contributed by atoms with van der Waals surface area (Å²) in [6.07, 6.45) is 12.8. The molecule has 0 spiro atoms. The Balaban J connectivity index is 1.38. The van der Waals surface area contributed by atoms with Crippen LogP contribution in [0.15, 0.2) is 30.7 Å². The number of rotatable bonds is 7. The number of aromatic nitrogens is 4. The van der Waals surface area contributed by atoms with Crippen LogP contribution >= 0.6 is 0 Å². The van der Waals surface area contributed by atoms with E-state index in [0.29, 0.717) is 11.8 Å². The van der Waals surface area contributed by atoms with Crippen molar-refractivity contribution in [1.29, 1.82) is 0 Å². The van der Waals surface area contributed by atoms with Gasteiger partial charge in [0.1, 0.15) is 12.1 Å². The van der Waals surface area contributed by atoms with Gasteiger partial charge in [-0.2, -0.15) is 0 Å². The Labute approximate surface area is 219 Å². The van der Waals surface area contributed by atoms with E-state index < -0.39 is 23.6 Å². The molecule has 9 nitrogen and oxygen atoms in total. The lowest BCUT2D eigenvalue weighted by atomic mass is 9.81. The number of likely N-dealkylation sites (tertiary alicyclic amines) is 1. The third kappa shape index (κ3) is 5.71. The molecule has 2 saturated carbocycles. The summed E-state index contributed by atoms with van der Waals surface area (Å²) in [4.78, 5) is 33.7. The van der Waals surface area contributed by atoms with Crippen LogP contribution in [0, 0.1) is 11.3 Å². The van der Waals surface area contributed by atoms with Crippen LogP contribution in [-0.4, -0.2) is 60.5 Å². The van der Waals surface area contributed by atoms with E-state index in [2.05, 4.69) is 20.6 Å². The molecule has 37 heavy (non-hydrogen) atoms. The Kier molecular flexibility index (Phi) is 7.34. The maximum Gasteiger partial charge on any atom is 0.248 e. The number of carbonyl (C=O) groups is 2. The molecule has 1 aliphatic heterocycles. The molecule has 2 aromatic heterocycles. The summed E-state index contributed by atoms with van der Waals surface area (Å²) in [6.45, 7) is 6.13. The van der Waals surface area contributed by atoms with Crippen LogP contribution in [0.1, 0.15) is 101 Å². The third-order valence-corrected chi connectivity index (χ3v) is 8.17. The van der Waals surface area contributed by atoms with Gasteiger partial charge >= 0.3 is 0 Å². The fourth-order valence-corrected chi connectivity index (χ4v) is 6.08. The van der Waals surface area contributed by atoms with E-state index >= 15 is 0 Å². The topological polar surface area (TPSA) is 113 Å². The monoisotopic (exact) mass is 508 g/mol. The molecule has 2 N–H and O–H groups in total. The molecule has 9 heteroatoms. The number of hydrogen-bond acceptors (Lipinski definition) is 6. The maximum absolute atomic E-state index is 14.0. The lowest BCUT2D eigenvalue weighted by Gasteiger charge is -2.36. The molecular formula is C28H40N6O3. The largest absolute Gasteiger partial charge is 0.391 e. The van der Waals surface area contributed by atoms with Gasteiger partial charge in [-0.25, -0.2) is 4.68 Å².